The van der Waals surface area contributed by atoms with Crippen LogP contribution in [-0.4, -0.2) is 34.1 Å². The van der Waals surface area contributed by atoms with Gasteiger partial charge in [-0.25, -0.2) is 0 Å². The Morgan fingerprint density at radius 2 is 1.87 bits per heavy atom. The molecule has 4 fully saturated rings. The number of hydrogen-bond donors (Lipinski definition) is 3. The van der Waals surface area contributed by atoms with Crippen molar-refractivity contribution < 1.29 is 15.3 Å². The second kappa shape index (κ2) is 4.83. The van der Waals surface area contributed by atoms with Crippen molar-refractivity contribution in [1.29, 1.82) is 0 Å². The van der Waals surface area contributed by atoms with Crippen molar-refractivity contribution in [1.82, 2.24) is 0 Å². The lowest BCUT2D eigenvalue weighted by atomic mass is 9.40. The summed E-state index contributed by atoms with van der Waals surface area (Å²) in [6, 6.07) is 0. The van der Waals surface area contributed by atoms with Gasteiger partial charge in [0, 0.05) is 12.0 Å². The van der Waals surface area contributed by atoms with Crippen LogP contribution >= 0.6 is 0 Å². The van der Waals surface area contributed by atoms with Crippen LogP contribution in [0, 0.1) is 34.0 Å². The van der Waals surface area contributed by atoms with Gasteiger partial charge in [-0.15, -0.1) is 0 Å². The van der Waals surface area contributed by atoms with Crippen molar-refractivity contribution in [2.45, 2.75) is 71.0 Å². The second-order valence-electron chi connectivity index (χ2n) is 9.60. The third kappa shape index (κ3) is 1.77. The highest BCUT2D eigenvalue weighted by molar-refractivity contribution is 5.29. The third-order valence-electron chi connectivity index (χ3n) is 8.77. The smallest absolute Gasteiger partial charge is 0.0834 e. The molecule has 0 amide bonds. The van der Waals surface area contributed by atoms with Gasteiger partial charge in [-0.2, -0.15) is 0 Å². The van der Waals surface area contributed by atoms with E-state index in [1.54, 1.807) is 0 Å². The summed E-state index contributed by atoms with van der Waals surface area (Å²) in [7, 11) is 0. The molecule has 0 radical (unpaired) electrons. The molecule has 0 unspecified atom stereocenters. The molecule has 8 atom stereocenters. The highest BCUT2D eigenvalue weighted by atomic mass is 16.3. The number of hydrogen-bond acceptors (Lipinski definition) is 3. The maximum Gasteiger partial charge on any atom is 0.0834 e. The van der Waals surface area contributed by atoms with Gasteiger partial charge in [0.25, 0.3) is 0 Å². The van der Waals surface area contributed by atoms with Crippen molar-refractivity contribution in [3.05, 3.63) is 12.2 Å². The molecular formula is C20H32O3. The lowest BCUT2D eigenvalue weighted by molar-refractivity contribution is -0.225. The average Bonchev–Trinajstić information content (AvgIpc) is 2.72. The van der Waals surface area contributed by atoms with Gasteiger partial charge in [0.15, 0.2) is 0 Å². The molecule has 23 heavy (non-hydrogen) atoms. The minimum Gasteiger partial charge on any atom is -0.396 e. The average molecular weight is 320 g/mol. The van der Waals surface area contributed by atoms with E-state index in [2.05, 4.69) is 20.4 Å². The third-order valence-corrected chi connectivity index (χ3v) is 8.77. The van der Waals surface area contributed by atoms with Crippen LogP contribution in [0.25, 0.3) is 0 Å². The summed E-state index contributed by atoms with van der Waals surface area (Å²) >= 11 is 0. The largest absolute Gasteiger partial charge is 0.396 e. The molecule has 130 valence electrons. The van der Waals surface area contributed by atoms with E-state index in [-0.39, 0.29) is 22.9 Å². The Bertz CT molecular complexity index is 531. The molecule has 4 rings (SSSR count). The molecule has 3 N–H and O–H groups in total. The molecule has 0 aromatic carbocycles. The van der Waals surface area contributed by atoms with E-state index in [9.17, 15) is 15.3 Å². The monoisotopic (exact) mass is 320 g/mol. The van der Waals surface area contributed by atoms with E-state index in [0.717, 1.165) is 50.5 Å². The Balaban J connectivity index is 1.81. The van der Waals surface area contributed by atoms with Crippen molar-refractivity contribution >= 4 is 0 Å². The number of fused-ring (bicyclic) bond motifs is 3. The van der Waals surface area contributed by atoms with Gasteiger partial charge < -0.3 is 15.3 Å². The number of rotatable bonds is 1. The van der Waals surface area contributed by atoms with Crippen LogP contribution in [0.5, 0.6) is 0 Å². The van der Waals surface area contributed by atoms with Crippen LogP contribution in [0.2, 0.25) is 0 Å². The Hall–Kier alpha value is -0.380. The normalized spacial score (nSPS) is 58.7. The first-order chi connectivity index (χ1) is 10.8. The molecule has 0 aliphatic heterocycles. The summed E-state index contributed by atoms with van der Waals surface area (Å²) in [5.41, 5.74) is 0.617. The predicted molar refractivity (Wildman–Crippen MR) is 89.7 cm³/mol. The van der Waals surface area contributed by atoms with Gasteiger partial charge in [0.2, 0.25) is 0 Å². The molecule has 0 aromatic rings. The fraction of sp³-hybridized carbons (Fsp3) is 0.900. The molecule has 3 nitrogen and oxygen atoms in total. The molecule has 0 saturated heterocycles. The van der Waals surface area contributed by atoms with E-state index in [1.165, 1.54) is 0 Å². The molecule has 4 aliphatic rings. The molecule has 1 spiro atoms. The summed E-state index contributed by atoms with van der Waals surface area (Å²) < 4.78 is 0. The lowest BCUT2D eigenvalue weighted by Crippen LogP contribution is -2.64. The summed E-state index contributed by atoms with van der Waals surface area (Å²) in [6.45, 7) is 8.96. The number of aliphatic hydroxyl groups is 3. The van der Waals surface area contributed by atoms with E-state index in [4.69, 9.17) is 0 Å². The van der Waals surface area contributed by atoms with Gasteiger partial charge in [-0.1, -0.05) is 26.8 Å². The topological polar surface area (TPSA) is 60.7 Å². The van der Waals surface area contributed by atoms with Crippen LogP contribution in [0.15, 0.2) is 12.2 Å². The van der Waals surface area contributed by atoms with E-state index in [0.29, 0.717) is 17.8 Å². The quantitative estimate of drug-likeness (QED) is 0.651. The number of aliphatic hydroxyl groups excluding tert-OH is 3. The highest BCUT2D eigenvalue weighted by Crippen LogP contribution is 2.71. The van der Waals surface area contributed by atoms with Gasteiger partial charge >= 0.3 is 0 Å². The Morgan fingerprint density at radius 1 is 1.13 bits per heavy atom. The Labute approximate surface area is 139 Å². The van der Waals surface area contributed by atoms with Crippen LogP contribution in [0.3, 0.4) is 0 Å². The summed E-state index contributed by atoms with van der Waals surface area (Å²) in [6.07, 6.45) is 6.18. The van der Waals surface area contributed by atoms with Crippen molar-refractivity contribution in [2.24, 2.45) is 34.0 Å². The predicted octanol–water partition coefficient (Wildman–Crippen LogP) is 2.89. The molecule has 3 heteroatoms. The van der Waals surface area contributed by atoms with Gasteiger partial charge in [0.1, 0.15) is 0 Å². The zero-order chi connectivity index (χ0) is 16.6. The molecule has 0 aromatic heterocycles. The van der Waals surface area contributed by atoms with Gasteiger partial charge in [0.05, 0.1) is 12.2 Å². The minimum absolute atomic E-state index is 0.0903. The maximum atomic E-state index is 11.2. The van der Waals surface area contributed by atoms with E-state index >= 15 is 0 Å². The lowest BCUT2D eigenvalue weighted by Gasteiger charge is -2.65. The Kier molecular flexibility index (Phi) is 3.38. The van der Waals surface area contributed by atoms with Crippen LogP contribution in [0.1, 0.15) is 58.8 Å². The minimum atomic E-state index is -0.546. The van der Waals surface area contributed by atoms with E-state index < -0.39 is 12.2 Å². The van der Waals surface area contributed by atoms with Crippen LogP contribution in [0.4, 0.5) is 0 Å². The standard InChI is InChI=1S/C20H32O3/c1-12-13-5-6-14-19(3)8-4-7-18(2,11-21)15(19)9-16(22)20(14,10-13)17(12)23/h13-17,21-23H,1,4-11H2,2-3H3/t13-,14+,15+,16+,17-,18-,19+,20-/m1/s1. The fourth-order valence-electron chi connectivity index (χ4n) is 7.61. The maximum absolute atomic E-state index is 11.2. The first-order valence-electron chi connectivity index (χ1n) is 9.45. The summed E-state index contributed by atoms with van der Waals surface area (Å²) in [5.74, 6) is 1.08. The van der Waals surface area contributed by atoms with Gasteiger partial charge in [-0.05, 0) is 72.7 Å². The molecule has 0 heterocycles. The van der Waals surface area contributed by atoms with Crippen LogP contribution in [-0.2, 0) is 0 Å². The van der Waals surface area contributed by atoms with Crippen molar-refractivity contribution in [3.63, 3.8) is 0 Å². The van der Waals surface area contributed by atoms with Gasteiger partial charge in [-0.3, -0.25) is 0 Å². The second-order valence-corrected chi connectivity index (χ2v) is 9.60. The highest BCUT2D eigenvalue weighted by Gasteiger charge is 2.69. The van der Waals surface area contributed by atoms with E-state index in [1.807, 2.05) is 0 Å². The van der Waals surface area contributed by atoms with Crippen LogP contribution < -0.4 is 0 Å². The fourth-order valence-corrected chi connectivity index (χ4v) is 7.61. The first kappa shape index (κ1) is 16.1. The Morgan fingerprint density at radius 3 is 2.57 bits per heavy atom. The molecule has 2 bridgehead atoms. The first-order valence-corrected chi connectivity index (χ1v) is 9.45. The molecule has 4 saturated carbocycles. The SMILES string of the molecule is C=C1[C@@H]2CC[C@H]3[C@]4(C)CCC[C@](C)(CO)[C@@H]4C[C@H](O)[C@]3(C2)[C@@H]1O. The zero-order valence-corrected chi connectivity index (χ0v) is 14.6. The van der Waals surface area contributed by atoms with Crippen molar-refractivity contribution in [3.8, 4) is 0 Å². The zero-order valence-electron chi connectivity index (χ0n) is 14.6. The molecular weight excluding hydrogens is 288 g/mol. The van der Waals surface area contributed by atoms with Crippen molar-refractivity contribution in [2.75, 3.05) is 6.61 Å². The summed E-state index contributed by atoms with van der Waals surface area (Å²) in [5, 5.41) is 32.2. The molecule has 4 aliphatic carbocycles. The summed E-state index contributed by atoms with van der Waals surface area (Å²) in [4.78, 5) is 0.